The van der Waals surface area contributed by atoms with Gasteiger partial charge in [-0.05, 0) is 44.5 Å². The fourth-order valence-electron chi connectivity index (χ4n) is 1.85. The molecule has 0 saturated carbocycles. The molecule has 0 atom stereocenters. The molecule has 0 amide bonds. The molecular weight excluding hydrogens is 391 g/mol. The van der Waals surface area contributed by atoms with Crippen molar-refractivity contribution < 1.29 is 0 Å². The van der Waals surface area contributed by atoms with Gasteiger partial charge >= 0.3 is 0 Å². The van der Waals surface area contributed by atoms with Crippen LogP contribution >= 0.6 is 24.0 Å². The van der Waals surface area contributed by atoms with Crippen molar-refractivity contribution in [3.8, 4) is 5.82 Å². The van der Waals surface area contributed by atoms with Crippen molar-refractivity contribution in [2.24, 2.45) is 4.99 Å². The van der Waals surface area contributed by atoms with Crippen LogP contribution in [0.5, 0.6) is 0 Å². The minimum atomic E-state index is 0. The van der Waals surface area contributed by atoms with E-state index in [9.17, 15) is 0 Å². The quantitative estimate of drug-likeness (QED) is 0.448. The largest absolute Gasteiger partial charge is 0.357 e. The van der Waals surface area contributed by atoms with Crippen LogP contribution in [0.15, 0.2) is 41.8 Å². The van der Waals surface area contributed by atoms with Crippen molar-refractivity contribution in [2.75, 3.05) is 6.54 Å². The second kappa shape index (κ2) is 9.39. The Morgan fingerprint density at radius 2 is 2.18 bits per heavy atom. The summed E-state index contributed by atoms with van der Waals surface area (Å²) in [5.74, 6) is 1.62. The van der Waals surface area contributed by atoms with Crippen LogP contribution in [0.3, 0.4) is 0 Å². The number of guanidine groups is 1. The lowest BCUT2D eigenvalue weighted by molar-refractivity contribution is 0.700. The predicted molar refractivity (Wildman–Crippen MR) is 99.9 cm³/mol. The van der Waals surface area contributed by atoms with Gasteiger partial charge in [-0.15, -0.1) is 24.0 Å². The molecule has 0 bridgehead atoms. The van der Waals surface area contributed by atoms with Crippen LogP contribution in [0.25, 0.3) is 5.82 Å². The van der Waals surface area contributed by atoms with E-state index in [1.54, 1.807) is 17.1 Å². The molecule has 120 valence electrons. The minimum absolute atomic E-state index is 0. The average molecular weight is 414 g/mol. The van der Waals surface area contributed by atoms with E-state index in [2.05, 4.69) is 46.5 Å². The number of pyridine rings is 1. The van der Waals surface area contributed by atoms with Gasteiger partial charge in [0.25, 0.3) is 0 Å². The maximum atomic E-state index is 4.58. The molecule has 0 aliphatic heterocycles. The molecule has 0 spiro atoms. The number of halogens is 1. The Bertz CT molecular complexity index is 579. The van der Waals surface area contributed by atoms with Crippen molar-refractivity contribution in [3.05, 3.63) is 42.4 Å². The highest BCUT2D eigenvalue weighted by Crippen LogP contribution is 2.07. The average Bonchev–Trinajstić information content (AvgIpc) is 2.99. The van der Waals surface area contributed by atoms with Crippen LogP contribution in [0, 0.1) is 0 Å². The number of hydrogen-bond acceptors (Lipinski definition) is 3. The summed E-state index contributed by atoms with van der Waals surface area (Å²) in [5.41, 5.74) is 1.09. The first-order valence-corrected chi connectivity index (χ1v) is 7.19. The molecular formula is C15H23IN6. The minimum Gasteiger partial charge on any atom is -0.357 e. The van der Waals surface area contributed by atoms with Gasteiger partial charge in [-0.2, -0.15) is 5.10 Å². The van der Waals surface area contributed by atoms with Gasteiger partial charge in [-0.1, -0.05) is 0 Å². The highest BCUT2D eigenvalue weighted by molar-refractivity contribution is 14.0. The van der Waals surface area contributed by atoms with Crippen LogP contribution in [0.1, 0.15) is 26.3 Å². The lowest BCUT2D eigenvalue weighted by Gasteiger charge is -2.14. The van der Waals surface area contributed by atoms with Crippen LogP contribution in [-0.4, -0.2) is 33.3 Å². The highest BCUT2D eigenvalue weighted by atomic mass is 127. The van der Waals surface area contributed by atoms with E-state index in [1.807, 2.05) is 24.4 Å². The number of hydrogen-bond donors (Lipinski definition) is 2. The zero-order valence-electron chi connectivity index (χ0n) is 13.2. The molecule has 0 radical (unpaired) electrons. The topological polar surface area (TPSA) is 67.1 Å². The summed E-state index contributed by atoms with van der Waals surface area (Å²) in [7, 11) is 0. The number of nitrogens with zero attached hydrogens (tertiary/aromatic N) is 4. The Kier molecular flexibility index (Phi) is 7.86. The molecule has 2 aromatic rings. The van der Waals surface area contributed by atoms with Gasteiger partial charge in [0, 0.05) is 31.2 Å². The molecule has 0 aliphatic carbocycles. The normalized spacial score (nSPS) is 11.2. The van der Waals surface area contributed by atoms with Gasteiger partial charge < -0.3 is 10.6 Å². The Balaban J connectivity index is 0.00000242. The molecule has 2 rings (SSSR count). The Morgan fingerprint density at radius 3 is 2.82 bits per heavy atom. The lowest BCUT2D eigenvalue weighted by atomic mass is 10.2. The van der Waals surface area contributed by atoms with Gasteiger partial charge in [-0.25, -0.2) is 14.7 Å². The van der Waals surface area contributed by atoms with Gasteiger partial charge in [0.2, 0.25) is 0 Å². The summed E-state index contributed by atoms with van der Waals surface area (Å²) >= 11 is 0. The van der Waals surface area contributed by atoms with E-state index >= 15 is 0 Å². The Labute approximate surface area is 148 Å². The first-order valence-electron chi connectivity index (χ1n) is 7.19. The molecule has 0 aromatic carbocycles. The summed E-state index contributed by atoms with van der Waals surface area (Å²) in [5, 5.41) is 10.7. The summed E-state index contributed by atoms with van der Waals surface area (Å²) < 4.78 is 1.74. The van der Waals surface area contributed by atoms with Gasteiger partial charge in [-0.3, -0.25) is 0 Å². The van der Waals surface area contributed by atoms with Crippen LogP contribution < -0.4 is 10.6 Å². The van der Waals surface area contributed by atoms with E-state index < -0.39 is 0 Å². The highest BCUT2D eigenvalue weighted by Gasteiger charge is 2.02. The smallest absolute Gasteiger partial charge is 0.191 e. The van der Waals surface area contributed by atoms with Crippen LogP contribution in [0.4, 0.5) is 0 Å². The second-order valence-corrected chi connectivity index (χ2v) is 4.97. The van der Waals surface area contributed by atoms with Crippen LogP contribution in [-0.2, 0) is 6.54 Å². The first-order chi connectivity index (χ1) is 10.2. The number of rotatable bonds is 5. The maximum Gasteiger partial charge on any atom is 0.191 e. The molecule has 0 unspecified atom stereocenters. The molecule has 0 saturated heterocycles. The number of aromatic nitrogens is 3. The van der Waals surface area contributed by atoms with E-state index in [1.165, 1.54) is 0 Å². The molecule has 6 nitrogen and oxygen atoms in total. The fourth-order valence-corrected chi connectivity index (χ4v) is 1.85. The summed E-state index contributed by atoms with van der Waals surface area (Å²) in [6.45, 7) is 7.68. The Hall–Kier alpha value is -1.64. The van der Waals surface area contributed by atoms with E-state index in [4.69, 9.17) is 0 Å². The number of aliphatic imine (C=N–C) groups is 1. The monoisotopic (exact) mass is 414 g/mol. The Morgan fingerprint density at radius 1 is 1.36 bits per heavy atom. The van der Waals surface area contributed by atoms with Gasteiger partial charge in [0.05, 0.1) is 6.54 Å². The fraction of sp³-hybridized carbons (Fsp3) is 0.400. The van der Waals surface area contributed by atoms with Gasteiger partial charge in [0.1, 0.15) is 0 Å². The van der Waals surface area contributed by atoms with Crippen molar-refractivity contribution >= 4 is 29.9 Å². The molecule has 22 heavy (non-hydrogen) atoms. The van der Waals surface area contributed by atoms with Crippen molar-refractivity contribution in [1.82, 2.24) is 25.4 Å². The van der Waals surface area contributed by atoms with E-state index in [-0.39, 0.29) is 24.0 Å². The van der Waals surface area contributed by atoms with E-state index in [0.29, 0.717) is 12.6 Å². The maximum absolute atomic E-state index is 4.58. The third-order valence-electron chi connectivity index (χ3n) is 2.74. The van der Waals surface area contributed by atoms with Gasteiger partial charge in [0.15, 0.2) is 11.8 Å². The second-order valence-electron chi connectivity index (χ2n) is 4.97. The molecule has 0 aliphatic rings. The zero-order chi connectivity index (χ0) is 15.1. The molecule has 0 fully saturated rings. The third kappa shape index (κ3) is 5.63. The van der Waals surface area contributed by atoms with Crippen molar-refractivity contribution in [3.63, 3.8) is 0 Å². The molecule has 2 aromatic heterocycles. The summed E-state index contributed by atoms with van der Waals surface area (Å²) in [4.78, 5) is 8.90. The van der Waals surface area contributed by atoms with Crippen molar-refractivity contribution in [1.29, 1.82) is 0 Å². The lowest BCUT2D eigenvalue weighted by Crippen LogP contribution is -2.41. The van der Waals surface area contributed by atoms with E-state index in [0.717, 1.165) is 23.9 Å². The van der Waals surface area contributed by atoms with Crippen molar-refractivity contribution in [2.45, 2.75) is 33.4 Å². The van der Waals surface area contributed by atoms with Crippen LogP contribution in [0.2, 0.25) is 0 Å². The third-order valence-corrected chi connectivity index (χ3v) is 2.74. The predicted octanol–water partition coefficient (Wildman–Crippen LogP) is 2.35. The first kappa shape index (κ1) is 18.4. The summed E-state index contributed by atoms with van der Waals surface area (Å²) in [6, 6.07) is 6.19. The SMILES string of the molecule is CCNC(=NCc1ccnc(-n2cccn2)c1)NC(C)C.I. The number of nitrogens with one attached hydrogen (secondary N) is 2. The standard InChI is InChI=1S/C15H22N6.HI/c1-4-16-15(20-12(2)3)18-11-13-6-8-17-14(10-13)21-9-5-7-19-21;/h5-10,12H,4,11H2,1-3H3,(H2,16,18,20);1H. The summed E-state index contributed by atoms with van der Waals surface area (Å²) in [6.07, 6.45) is 5.40. The molecule has 2 heterocycles. The molecule has 2 N–H and O–H groups in total. The molecule has 7 heteroatoms. The zero-order valence-corrected chi connectivity index (χ0v) is 15.5.